The van der Waals surface area contributed by atoms with Gasteiger partial charge in [-0.15, -0.1) is 0 Å². The standard InChI is InChI=1S/C14H18O3/c1-3-13(17-14(15)16-4-2)11-10-12-8-6-5-7-9-12/h5-11,13H,3-4H2,1-2H3/b11-10+/t13-/m0/s1. The first-order chi connectivity index (χ1) is 8.26. The van der Waals surface area contributed by atoms with Crippen LogP contribution in [0.5, 0.6) is 0 Å². The van der Waals surface area contributed by atoms with Gasteiger partial charge in [-0.25, -0.2) is 4.79 Å². The van der Waals surface area contributed by atoms with E-state index < -0.39 is 6.16 Å². The molecule has 0 fully saturated rings. The zero-order valence-corrected chi connectivity index (χ0v) is 10.3. The van der Waals surface area contributed by atoms with Gasteiger partial charge in [0.15, 0.2) is 0 Å². The summed E-state index contributed by atoms with van der Waals surface area (Å²) in [6, 6.07) is 9.88. The Kier molecular flexibility index (Phi) is 5.86. The van der Waals surface area contributed by atoms with E-state index in [0.717, 1.165) is 12.0 Å². The van der Waals surface area contributed by atoms with Crippen molar-refractivity contribution in [3.8, 4) is 0 Å². The van der Waals surface area contributed by atoms with E-state index in [-0.39, 0.29) is 6.10 Å². The summed E-state index contributed by atoms with van der Waals surface area (Å²) in [6.07, 6.45) is 3.67. The lowest BCUT2D eigenvalue weighted by Gasteiger charge is -2.11. The largest absolute Gasteiger partial charge is 0.508 e. The van der Waals surface area contributed by atoms with Crippen molar-refractivity contribution in [2.45, 2.75) is 26.4 Å². The first-order valence-corrected chi connectivity index (χ1v) is 5.83. The van der Waals surface area contributed by atoms with Crippen LogP contribution >= 0.6 is 0 Å². The monoisotopic (exact) mass is 234 g/mol. The van der Waals surface area contributed by atoms with Crippen LogP contribution in [0.1, 0.15) is 25.8 Å². The van der Waals surface area contributed by atoms with Crippen LogP contribution in [-0.2, 0) is 9.47 Å². The zero-order chi connectivity index (χ0) is 12.5. The average molecular weight is 234 g/mol. The molecule has 1 atom stereocenters. The van der Waals surface area contributed by atoms with Crippen molar-refractivity contribution in [1.82, 2.24) is 0 Å². The van der Waals surface area contributed by atoms with Gasteiger partial charge < -0.3 is 9.47 Å². The van der Waals surface area contributed by atoms with Gasteiger partial charge in [-0.1, -0.05) is 43.3 Å². The van der Waals surface area contributed by atoms with Crippen LogP contribution in [-0.4, -0.2) is 18.9 Å². The highest BCUT2D eigenvalue weighted by Crippen LogP contribution is 2.07. The maximum atomic E-state index is 11.1. The first kappa shape index (κ1) is 13.3. The molecule has 0 aliphatic heterocycles. The summed E-state index contributed by atoms with van der Waals surface area (Å²) in [5, 5.41) is 0. The molecule has 1 aromatic carbocycles. The third kappa shape index (κ3) is 5.20. The maximum Gasteiger partial charge on any atom is 0.508 e. The summed E-state index contributed by atoms with van der Waals surface area (Å²) >= 11 is 0. The quantitative estimate of drug-likeness (QED) is 0.729. The van der Waals surface area contributed by atoms with E-state index in [4.69, 9.17) is 9.47 Å². The highest BCUT2D eigenvalue weighted by Gasteiger charge is 2.09. The van der Waals surface area contributed by atoms with Gasteiger partial charge in [0.25, 0.3) is 0 Å². The molecule has 0 N–H and O–H groups in total. The fraction of sp³-hybridized carbons (Fsp3) is 0.357. The van der Waals surface area contributed by atoms with Gasteiger partial charge in [0.1, 0.15) is 6.10 Å². The number of ether oxygens (including phenoxy) is 2. The van der Waals surface area contributed by atoms with E-state index in [1.807, 2.05) is 49.4 Å². The molecule has 0 aromatic heterocycles. The Morgan fingerprint density at radius 1 is 1.29 bits per heavy atom. The third-order valence-corrected chi connectivity index (χ3v) is 2.22. The minimum atomic E-state index is -0.614. The van der Waals surface area contributed by atoms with Crippen LogP contribution in [0.4, 0.5) is 4.79 Å². The average Bonchev–Trinajstić information content (AvgIpc) is 2.36. The van der Waals surface area contributed by atoms with Crippen molar-refractivity contribution in [3.63, 3.8) is 0 Å². The fourth-order valence-electron chi connectivity index (χ4n) is 1.32. The lowest BCUT2D eigenvalue weighted by atomic mass is 10.1. The number of hydrogen-bond acceptors (Lipinski definition) is 3. The molecular weight excluding hydrogens is 216 g/mol. The molecule has 0 bridgehead atoms. The molecule has 3 nitrogen and oxygen atoms in total. The van der Waals surface area contributed by atoms with Crippen molar-refractivity contribution >= 4 is 12.2 Å². The van der Waals surface area contributed by atoms with Crippen LogP contribution in [0.3, 0.4) is 0 Å². The Balaban J connectivity index is 2.52. The molecule has 3 heteroatoms. The molecule has 17 heavy (non-hydrogen) atoms. The van der Waals surface area contributed by atoms with Crippen LogP contribution in [0.25, 0.3) is 6.08 Å². The van der Waals surface area contributed by atoms with Crippen LogP contribution in [0, 0.1) is 0 Å². The normalized spacial score (nSPS) is 12.4. The Bertz CT molecular complexity index is 357. The molecule has 0 heterocycles. The van der Waals surface area contributed by atoms with Crippen molar-refractivity contribution in [1.29, 1.82) is 0 Å². The Morgan fingerprint density at radius 3 is 2.59 bits per heavy atom. The van der Waals surface area contributed by atoms with Gasteiger partial charge in [-0.05, 0) is 25.0 Å². The number of benzene rings is 1. The summed E-state index contributed by atoms with van der Waals surface area (Å²) in [5.74, 6) is 0. The van der Waals surface area contributed by atoms with Crippen LogP contribution in [0.2, 0.25) is 0 Å². The van der Waals surface area contributed by atoms with Crippen molar-refractivity contribution in [3.05, 3.63) is 42.0 Å². The minimum absolute atomic E-state index is 0.241. The second-order valence-corrected chi connectivity index (χ2v) is 3.52. The van der Waals surface area contributed by atoms with Gasteiger partial charge in [-0.2, -0.15) is 0 Å². The first-order valence-electron chi connectivity index (χ1n) is 5.83. The summed E-state index contributed by atoms with van der Waals surface area (Å²) in [4.78, 5) is 11.1. The highest BCUT2D eigenvalue weighted by atomic mass is 16.7. The third-order valence-electron chi connectivity index (χ3n) is 2.22. The molecule has 1 rings (SSSR count). The molecule has 0 spiro atoms. The van der Waals surface area contributed by atoms with Crippen LogP contribution in [0.15, 0.2) is 36.4 Å². The van der Waals surface area contributed by atoms with Crippen molar-refractivity contribution in [2.24, 2.45) is 0 Å². The number of hydrogen-bond donors (Lipinski definition) is 0. The molecule has 0 saturated heterocycles. The van der Waals surface area contributed by atoms with Crippen molar-refractivity contribution in [2.75, 3.05) is 6.61 Å². The predicted octanol–water partition coefficient (Wildman–Crippen LogP) is 3.65. The fourth-order valence-corrected chi connectivity index (χ4v) is 1.32. The number of carbonyl (C=O) groups is 1. The van der Waals surface area contributed by atoms with E-state index in [9.17, 15) is 4.79 Å². The predicted molar refractivity (Wildman–Crippen MR) is 67.7 cm³/mol. The lowest BCUT2D eigenvalue weighted by molar-refractivity contribution is 0.0398. The van der Waals surface area contributed by atoms with Gasteiger partial charge in [0.2, 0.25) is 0 Å². The number of rotatable bonds is 5. The summed E-state index contributed by atoms with van der Waals surface area (Å²) < 4.78 is 9.85. The van der Waals surface area contributed by atoms with E-state index in [2.05, 4.69) is 0 Å². The molecule has 92 valence electrons. The van der Waals surface area contributed by atoms with Gasteiger partial charge in [0.05, 0.1) is 6.61 Å². The molecule has 0 unspecified atom stereocenters. The second kappa shape index (κ2) is 7.49. The zero-order valence-electron chi connectivity index (χ0n) is 10.3. The van der Waals surface area contributed by atoms with Gasteiger partial charge in [-0.3, -0.25) is 0 Å². The smallest absolute Gasteiger partial charge is 0.435 e. The summed E-state index contributed by atoms with van der Waals surface area (Å²) in [5.41, 5.74) is 1.08. The SMILES string of the molecule is CCOC(=O)O[C@H](/C=C/c1ccccc1)CC. The second-order valence-electron chi connectivity index (χ2n) is 3.52. The highest BCUT2D eigenvalue weighted by molar-refractivity contribution is 5.60. The Morgan fingerprint density at radius 2 is 2.00 bits per heavy atom. The van der Waals surface area contributed by atoms with E-state index in [1.165, 1.54) is 0 Å². The molecule has 0 amide bonds. The molecular formula is C14H18O3. The van der Waals surface area contributed by atoms with Gasteiger partial charge >= 0.3 is 6.16 Å². The number of carbonyl (C=O) groups excluding carboxylic acids is 1. The van der Waals surface area contributed by atoms with Crippen molar-refractivity contribution < 1.29 is 14.3 Å². The van der Waals surface area contributed by atoms with E-state index >= 15 is 0 Å². The topological polar surface area (TPSA) is 35.5 Å². The Labute approximate surface area is 102 Å². The summed E-state index contributed by atoms with van der Waals surface area (Å²) in [7, 11) is 0. The maximum absolute atomic E-state index is 11.1. The molecule has 0 aliphatic carbocycles. The Hall–Kier alpha value is -1.77. The molecule has 0 radical (unpaired) electrons. The molecule has 1 aromatic rings. The minimum Gasteiger partial charge on any atom is -0.435 e. The summed E-state index contributed by atoms with van der Waals surface area (Å²) in [6.45, 7) is 4.04. The van der Waals surface area contributed by atoms with E-state index in [1.54, 1.807) is 6.92 Å². The van der Waals surface area contributed by atoms with Gasteiger partial charge in [0, 0.05) is 0 Å². The lowest BCUT2D eigenvalue weighted by Crippen LogP contribution is -2.16. The molecule has 0 saturated carbocycles. The van der Waals surface area contributed by atoms with Crippen LogP contribution < -0.4 is 0 Å². The van der Waals surface area contributed by atoms with E-state index in [0.29, 0.717) is 6.61 Å². The molecule has 0 aliphatic rings.